The van der Waals surface area contributed by atoms with E-state index in [-0.39, 0.29) is 17.3 Å². The van der Waals surface area contributed by atoms with Crippen LogP contribution < -0.4 is 15.8 Å². The van der Waals surface area contributed by atoms with Crippen molar-refractivity contribution in [3.63, 3.8) is 0 Å². The molecule has 100 valence electrons. The molecule has 0 aliphatic carbocycles. The molecule has 18 heavy (non-hydrogen) atoms. The van der Waals surface area contributed by atoms with Crippen LogP contribution in [-0.2, 0) is 4.74 Å². The van der Waals surface area contributed by atoms with Crippen LogP contribution in [0.15, 0.2) is 18.2 Å². The highest BCUT2D eigenvalue weighted by Gasteiger charge is 2.45. The fourth-order valence-electron chi connectivity index (χ4n) is 2.49. The minimum absolute atomic E-state index is 0.0816. The van der Waals surface area contributed by atoms with E-state index in [0.717, 1.165) is 5.56 Å². The molecule has 0 spiro atoms. The highest BCUT2D eigenvalue weighted by molar-refractivity contribution is 5.38. The average molecular weight is 254 g/mol. The van der Waals surface area contributed by atoms with E-state index in [1.165, 1.54) is 12.1 Å². The van der Waals surface area contributed by atoms with E-state index in [0.29, 0.717) is 25.5 Å². The van der Waals surface area contributed by atoms with Crippen molar-refractivity contribution in [1.82, 2.24) is 5.32 Å². The molecule has 2 rings (SSSR count). The summed E-state index contributed by atoms with van der Waals surface area (Å²) in [5, 5.41) is 3.21. The van der Waals surface area contributed by atoms with Gasteiger partial charge in [0.05, 0.1) is 20.3 Å². The smallest absolute Gasteiger partial charge is 0.123 e. The zero-order valence-electron chi connectivity index (χ0n) is 10.7. The van der Waals surface area contributed by atoms with Crippen LogP contribution in [0.25, 0.3) is 0 Å². The maximum Gasteiger partial charge on any atom is 0.123 e. The van der Waals surface area contributed by atoms with Crippen molar-refractivity contribution in [2.24, 2.45) is 11.1 Å². The van der Waals surface area contributed by atoms with Gasteiger partial charge >= 0.3 is 0 Å². The van der Waals surface area contributed by atoms with Gasteiger partial charge in [0.15, 0.2) is 0 Å². The van der Waals surface area contributed by atoms with Gasteiger partial charge in [0.25, 0.3) is 0 Å². The maximum absolute atomic E-state index is 13.4. The Kier molecular flexibility index (Phi) is 3.85. The fraction of sp³-hybridized carbons (Fsp3) is 0.538. The summed E-state index contributed by atoms with van der Waals surface area (Å²) >= 11 is 0. The van der Waals surface area contributed by atoms with Crippen molar-refractivity contribution >= 4 is 0 Å². The lowest BCUT2D eigenvalue weighted by atomic mass is 9.75. The molecule has 0 aromatic heterocycles. The van der Waals surface area contributed by atoms with Crippen molar-refractivity contribution in [2.75, 3.05) is 33.9 Å². The van der Waals surface area contributed by atoms with Gasteiger partial charge in [-0.25, -0.2) is 4.39 Å². The van der Waals surface area contributed by atoms with Gasteiger partial charge in [-0.3, -0.25) is 0 Å². The third-order valence-corrected chi connectivity index (χ3v) is 3.59. The third-order valence-electron chi connectivity index (χ3n) is 3.59. The Morgan fingerprint density at radius 3 is 2.72 bits per heavy atom. The summed E-state index contributed by atoms with van der Waals surface area (Å²) in [4.78, 5) is 0. The number of ether oxygens (including phenoxy) is 2. The number of hydrogen-bond acceptors (Lipinski definition) is 4. The Hall–Kier alpha value is -1.17. The molecule has 1 heterocycles. The van der Waals surface area contributed by atoms with Crippen LogP contribution >= 0.6 is 0 Å². The number of rotatable bonds is 5. The summed E-state index contributed by atoms with van der Waals surface area (Å²) in [6.45, 7) is 1.64. The molecule has 1 aromatic carbocycles. The normalized spacial score (nSPS) is 19.1. The largest absolute Gasteiger partial charge is 0.496 e. The molecular formula is C13H19FN2O2. The molecule has 1 aliphatic rings. The molecule has 1 fully saturated rings. The number of nitrogens with two attached hydrogens (primary N) is 1. The van der Waals surface area contributed by atoms with Gasteiger partial charge in [-0.15, -0.1) is 0 Å². The first-order valence-corrected chi connectivity index (χ1v) is 5.95. The van der Waals surface area contributed by atoms with Gasteiger partial charge in [0.1, 0.15) is 11.6 Å². The summed E-state index contributed by atoms with van der Waals surface area (Å²) in [5.41, 5.74) is 6.46. The molecule has 4 nitrogen and oxygen atoms in total. The van der Waals surface area contributed by atoms with Gasteiger partial charge in [0.2, 0.25) is 0 Å². The lowest BCUT2D eigenvalue weighted by Crippen LogP contribution is -2.55. The second kappa shape index (κ2) is 5.22. The van der Waals surface area contributed by atoms with E-state index in [9.17, 15) is 4.39 Å². The van der Waals surface area contributed by atoms with Crippen LogP contribution in [0.1, 0.15) is 11.6 Å². The van der Waals surface area contributed by atoms with Crippen LogP contribution in [0.2, 0.25) is 0 Å². The molecule has 1 aliphatic heterocycles. The standard InChI is InChI=1S/C13H19FN2O2/c1-16-12(13(6-15)7-18-8-13)10-5-9(14)3-4-11(10)17-2/h3-5,12,16H,6-8,15H2,1-2H3. The quantitative estimate of drug-likeness (QED) is 0.825. The third kappa shape index (κ3) is 2.09. The molecule has 3 N–H and O–H groups in total. The van der Waals surface area contributed by atoms with Crippen molar-refractivity contribution in [3.05, 3.63) is 29.6 Å². The summed E-state index contributed by atoms with van der Waals surface area (Å²) in [7, 11) is 3.42. The first-order valence-electron chi connectivity index (χ1n) is 5.95. The van der Waals surface area contributed by atoms with E-state index in [2.05, 4.69) is 5.32 Å². The molecule has 0 radical (unpaired) electrons. The average Bonchev–Trinajstić information content (AvgIpc) is 2.33. The number of nitrogens with one attached hydrogen (secondary N) is 1. The van der Waals surface area contributed by atoms with Crippen LogP contribution in [0.4, 0.5) is 4.39 Å². The van der Waals surface area contributed by atoms with Crippen molar-refractivity contribution < 1.29 is 13.9 Å². The first kappa shape index (κ1) is 13.3. The van der Waals surface area contributed by atoms with Gasteiger partial charge in [-0.05, 0) is 25.2 Å². The number of benzene rings is 1. The lowest BCUT2D eigenvalue weighted by Gasteiger charge is -2.46. The molecule has 0 bridgehead atoms. The van der Waals surface area contributed by atoms with Crippen LogP contribution in [0, 0.1) is 11.2 Å². The number of hydrogen-bond donors (Lipinski definition) is 2. The van der Waals surface area contributed by atoms with Crippen LogP contribution in [-0.4, -0.2) is 33.9 Å². The second-order valence-corrected chi connectivity index (χ2v) is 4.67. The number of methoxy groups -OCH3 is 1. The van der Waals surface area contributed by atoms with E-state index in [1.54, 1.807) is 13.2 Å². The van der Waals surface area contributed by atoms with E-state index >= 15 is 0 Å². The maximum atomic E-state index is 13.4. The Morgan fingerprint density at radius 2 is 2.28 bits per heavy atom. The van der Waals surface area contributed by atoms with Crippen molar-refractivity contribution in [1.29, 1.82) is 0 Å². The minimum atomic E-state index is -0.279. The summed E-state index contributed by atoms with van der Waals surface area (Å²) in [5.74, 6) is 0.383. The van der Waals surface area contributed by atoms with Crippen molar-refractivity contribution in [3.8, 4) is 5.75 Å². The van der Waals surface area contributed by atoms with Gasteiger partial charge in [0, 0.05) is 23.6 Å². The molecular weight excluding hydrogens is 235 g/mol. The van der Waals surface area contributed by atoms with Gasteiger partial charge in [-0.2, -0.15) is 0 Å². The zero-order valence-corrected chi connectivity index (χ0v) is 10.7. The Labute approximate surface area is 106 Å². The Morgan fingerprint density at radius 1 is 1.56 bits per heavy atom. The number of halogens is 1. The SMILES string of the molecule is CNC(c1cc(F)ccc1OC)C1(CN)COC1. The van der Waals surface area contributed by atoms with E-state index < -0.39 is 0 Å². The Bertz CT molecular complexity index is 416. The monoisotopic (exact) mass is 254 g/mol. The first-order chi connectivity index (χ1) is 8.66. The molecule has 1 saturated heterocycles. The fourth-order valence-corrected chi connectivity index (χ4v) is 2.49. The second-order valence-electron chi connectivity index (χ2n) is 4.67. The molecule has 0 saturated carbocycles. The summed E-state index contributed by atoms with van der Waals surface area (Å²) in [6.07, 6.45) is 0. The summed E-state index contributed by atoms with van der Waals surface area (Å²) in [6, 6.07) is 4.44. The molecule has 1 atom stereocenters. The van der Waals surface area contributed by atoms with E-state index in [1.807, 2.05) is 7.05 Å². The lowest BCUT2D eigenvalue weighted by molar-refractivity contribution is -0.127. The minimum Gasteiger partial charge on any atom is -0.496 e. The molecule has 0 amide bonds. The topological polar surface area (TPSA) is 56.5 Å². The van der Waals surface area contributed by atoms with Gasteiger partial charge in [-0.1, -0.05) is 0 Å². The Balaban J connectivity index is 2.40. The predicted octanol–water partition coefficient (Wildman–Crippen LogP) is 1.07. The highest BCUT2D eigenvalue weighted by Crippen LogP contribution is 2.42. The van der Waals surface area contributed by atoms with Crippen molar-refractivity contribution in [2.45, 2.75) is 6.04 Å². The van der Waals surface area contributed by atoms with Crippen LogP contribution in [0.5, 0.6) is 5.75 Å². The highest BCUT2D eigenvalue weighted by atomic mass is 19.1. The molecule has 1 aromatic rings. The zero-order chi connectivity index (χ0) is 13.2. The van der Waals surface area contributed by atoms with Crippen LogP contribution in [0.3, 0.4) is 0 Å². The van der Waals surface area contributed by atoms with E-state index in [4.69, 9.17) is 15.2 Å². The predicted molar refractivity (Wildman–Crippen MR) is 67.1 cm³/mol. The summed E-state index contributed by atoms with van der Waals surface area (Å²) < 4.78 is 24.0. The molecule has 5 heteroatoms. The van der Waals surface area contributed by atoms with Gasteiger partial charge < -0.3 is 20.5 Å². The molecule has 1 unspecified atom stereocenters.